The van der Waals surface area contributed by atoms with Crippen LogP contribution in [-0.2, 0) is 0 Å². The minimum absolute atomic E-state index is 0.324. The van der Waals surface area contributed by atoms with Crippen molar-refractivity contribution in [2.24, 2.45) is 0 Å². The predicted octanol–water partition coefficient (Wildman–Crippen LogP) is 6.64. The maximum atomic E-state index is 9.63. The molecule has 4 bridgehead atoms. The Labute approximate surface area is 190 Å². The zero-order valence-corrected chi connectivity index (χ0v) is 18.9. The molecule has 168 valence electrons. The fraction of sp³-hybridized carbons (Fsp3) is 0.429. The lowest BCUT2D eigenvalue weighted by Crippen LogP contribution is -2.05. The molecule has 0 aromatic heterocycles. The Balaban J connectivity index is 0.000000144. The molecule has 4 unspecified atom stereocenters. The van der Waals surface area contributed by atoms with E-state index in [4.69, 9.17) is 9.47 Å². The third kappa shape index (κ3) is 3.46. The third-order valence-electron chi connectivity index (χ3n) is 7.02. The van der Waals surface area contributed by atoms with Crippen molar-refractivity contribution < 1.29 is 19.7 Å². The average Bonchev–Trinajstić information content (AvgIpc) is 3.60. The van der Waals surface area contributed by atoms with Crippen molar-refractivity contribution in [3.05, 3.63) is 70.8 Å². The van der Waals surface area contributed by atoms with E-state index < -0.39 is 0 Å². The summed E-state index contributed by atoms with van der Waals surface area (Å²) in [5, 5.41) is 19.3. The first kappa shape index (κ1) is 21.0. The molecule has 0 spiro atoms. The lowest BCUT2D eigenvalue weighted by Gasteiger charge is -2.19. The zero-order valence-electron chi connectivity index (χ0n) is 18.9. The Kier molecular flexibility index (Phi) is 5.62. The molecule has 4 nitrogen and oxygen atoms in total. The van der Waals surface area contributed by atoms with Crippen molar-refractivity contribution in [1.82, 2.24) is 0 Å². The molecule has 2 aromatic carbocycles. The second kappa shape index (κ2) is 8.57. The van der Waals surface area contributed by atoms with E-state index in [2.05, 4.69) is 50.3 Å². The van der Waals surface area contributed by atoms with Crippen molar-refractivity contribution >= 4 is 0 Å². The number of phenolic OH excluding ortho intramolecular Hbond substituents is 2. The van der Waals surface area contributed by atoms with E-state index in [9.17, 15) is 10.2 Å². The number of fused-ring (bicyclic) bond motifs is 10. The summed E-state index contributed by atoms with van der Waals surface area (Å²) in [6, 6.07) is 7.33. The van der Waals surface area contributed by atoms with Gasteiger partial charge in [0.15, 0.2) is 0 Å². The van der Waals surface area contributed by atoms with E-state index in [1.54, 1.807) is 12.1 Å². The molecule has 0 aliphatic heterocycles. The van der Waals surface area contributed by atoms with Gasteiger partial charge in [0, 0.05) is 45.9 Å². The molecule has 4 heteroatoms. The maximum absolute atomic E-state index is 9.63. The van der Waals surface area contributed by atoms with Crippen LogP contribution in [0.3, 0.4) is 0 Å². The molecule has 0 saturated heterocycles. The number of allylic oxidation sites excluding steroid dienone is 4. The average molecular weight is 433 g/mol. The van der Waals surface area contributed by atoms with Gasteiger partial charge in [-0.25, -0.2) is 0 Å². The third-order valence-corrected chi connectivity index (χ3v) is 7.02. The first-order valence-electron chi connectivity index (χ1n) is 12.0. The molecule has 32 heavy (non-hydrogen) atoms. The Morgan fingerprint density at radius 1 is 0.625 bits per heavy atom. The van der Waals surface area contributed by atoms with Crippen LogP contribution < -0.4 is 9.47 Å². The van der Waals surface area contributed by atoms with E-state index in [0.29, 0.717) is 35.2 Å². The first-order chi connectivity index (χ1) is 15.6. The van der Waals surface area contributed by atoms with Gasteiger partial charge in [-0.3, -0.25) is 0 Å². The highest BCUT2D eigenvalue weighted by Gasteiger charge is 2.38. The molecule has 0 fully saturated rings. The van der Waals surface area contributed by atoms with Gasteiger partial charge >= 0.3 is 0 Å². The number of phenols is 2. The van der Waals surface area contributed by atoms with Crippen LogP contribution in [0, 0.1) is 0 Å². The van der Waals surface area contributed by atoms with Gasteiger partial charge in [-0.1, -0.05) is 38.2 Å². The Hall–Kier alpha value is -2.88. The zero-order chi connectivity index (χ0) is 22.2. The number of benzene rings is 2. The van der Waals surface area contributed by atoms with Crippen LogP contribution >= 0.6 is 0 Å². The molecular formula is C28H32O4. The maximum Gasteiger partial charge on any atom is 0.123 e. The molecular weight excluding hydrogens is 400 g/mol. The summed E-state index contributed by atoms with van der Waals surface area (Å²) < 4.78 is 11.8. The fourth-order valence-corrected chi connectivity index (χ4v) is 5.68. The van der Waals surface area contributed by atoms with Crippen molar-refractivity contribution in [2.45, 2.75) is 63.2 Å². The Morgan fingerprint density at radius 2 is 1.00 bits per heavy atom. The van der Waals surface area contributed by atoms with Crippen molar-refractivity contribution in [1.29, 1.82) is 0 Å². The largest absolute Gasteiger partial charge is 0.508 e. The van der Waals surface area contributed by atoms with Gasteiger partial charge < -0.3 is 19.7 Å². The SMILES string of the molecule is CCCOc1ccc(OCCC)c2c1C1C=CC2C1.Oc1ccc(O)c2c1C1C=CC2C1. The molecule has 6 rings (SSSR count). The predicted molar refractivity (Wildman–Crippen MR) is 126 cm³/mol. The van der Waals surface area contributed by atoms with E-state index in [1.807, 2.05) is 0 Å². The number of rotatable bonds is 6. The summed E-state index contributed by atoms with van der Waals surface area (Å²) in [5.74, 6) is 4.51. The quantitative estimate of drug-likeness (QED) is 0.397. The molecule has 4 atom stereocenters. The lowest BCUT2D eigenvalue weighted by atomic mass is 9.95. The normalized spacial score (nSPS) is 24.8. The van der Waals surface area contributed by atoms with Crippen LogP contribution in [0.1, 0.15) is 85.5 Å². The van der Waals surface area contributed by atoms with Gasteiger partial charge in [0.25, 0.3) is 0 Å². The Bertz CT molecular complexity index is 988. The van der Waals surface area contributed by atoms with E-state index in [0.717, 1.165) is 55.1 Å². The first-order valence-corrected chi connectivity index (χ1v) is 12.0. The molecule has 2 aromatic rings. The molecule has 0 saturated carbocycles. The lowest BCUT2D eigenvalue weighted by molar-refractivity contribution is 0.304. The minimum atomic E-state index is 0.324. The van der Waals surface area contributed by atoms with Crippen LogP contribution in [0.15, 0.2) is 48.6 Å². The van der Waals surface area contributed by atoms with Crippen LogP contribution in [-0.4, -0.2) is 23.4 Å². The number of ether oxygens (including phenoxy) is 2. The summed E-state index contributed by atoms with van der Waals surface area (Å²) in [5.41, 5.74) is 4.64. The van der Waals surface area contributed by atoms with E-state index >= 15 is 0 Å². The molecule has 4 aliphatic carbocycles. The van der Waals surface area contributed by atoms with E-state index in [-0.39, 0.29) is 0 Å². The fourth-order valence-electron chi connectivity index (χ4n) is 5.68. The molecule has 0 heterocycles. The summed E-state index contributed by atoms with van der Waals surface area (Å²) >= 11 is 0. The van der Waals surface area contributed by atoms with Crippen LogP contribution in [0.25, 0.3) is 0 Å². The highest BCUT2D eigenvalue weighted by atomic mass is 16.5. The number of hydrogen-bond donors (Lipinski definition) is 2. The highest BCUT2D eigenvalue weighted by molar-refractivity contribution is 5.61. The van der Waals surface area contributed by atoms with Gasteiger partial charge in [0.1, 0.15) is 23.0 Å². The number of aromatic hydroxyl groups is 2. The number of hydrogen-bond acceptors (Lipinski definition) is 4. The van der Waals surface area contributed by atoms with Gasteiger partial charge in [-0.2, -0.15) is 0 Å². The van der Waals surface area contributed by atoms with Crippen LogP contribution in [0.2, 0.25) is 0 Å². The van der Waals surface area contributed by atoms with Gasteiger partial charge in [0.05, 0.1) is 13.2 Å². The smallest absolute Gasteiger partial charge is 0.123 e. The second-order valence-corrected chi connectivity index (χ2v) is 9.18. The molecule has 2 N–H and O–H groups in total. The van der Waals surface area contributed by atoms with Gasteiger partial charge in [-0.15, -0.1) is 0 Å². The molecule has 0 radical (unpaired) electrons. The highest BCUT2D eigenvalue weighted by Crippen LogP contribution is 2.55. The second-order valence-electron chi connectivity index (χ2n) is 9.18. The van der Waals surface area contributed by atoms with Gasteiger partial charge in [0.2, 0.25) is 0 Å². The molecule has 4 aliphatic rings. The standard InChI is InChI=1S/C17H22O2.C11H10O2/c1-3-9-18-14-7-8-15(19-10-4-2)17-13-6-5-12(11-13)16(14)17;12-8-3-4-9(13)11-7-2-1-6(5-7)10(8)11/h5-8,12-13H,3-4,9-11H2,1-2H3;1-4,6-7,12-13H,5H2. The summed E-state index contributed by atoms with van der Waals surface area (Å²) in [4.78, 5) is 0. The van der Waals surface area contributed by atoms with Crippen molar-refractivity contribution in [3.63, 3.8) is 0 Å². The van der Waals surface area contributed by atoms with Crippen molar-refractivity contribution in [3.8, 4) is 23.0 Å². The monoisotopic (exact) mass is 432 g/mol. The Morgan fingerprint density at radius 3 is 1.38 bits per heavy atom. The molecule has 0 amide bonds. The van der Waals surface area contributed by atoms with Crippen LogP contribution in [0.5, 0.6) is 23.0 Å². The minimum Gasteiger partial charge on any atom is -0.508 e. The summed E-state index contributed by atoms with van der Waals surface area (Å²) in [7, 11) is 0. The summed E-state index contributed by atoms with van der Waals surface area (Å²) in [6.07, 6.45) is 13.2. The van der Waals surface area contributed by atoms with Crippen LogP contribution in [0.4, 0.5) is 0 Å². The van der Waals surface area contributed by atoms with Gasteiger partial charge in [-0.05, 0) is 49.9 Å². The summed E-state index contributed by atoms with van der Waals surface area (Å²) in [6.45, 7) is 5.88. The van der Waals surface area contributed by atoms with Crippen molar-refractivity contribution in [2.75, 3.05) is 13.2 Å². The topological polar surface area (TPSA) is 58.9 Å². The van der Waals surface area contributed by atoms with E-state index in [1.165, 1.54) is 17.5 Å².